The molecule has 1 aliphatic carbocycles. The highest BCUT2D eigenvalue weighted by molar-refractivity contribution is 5.86. The van der Waals surface area contributed by atoms with Gasteiger partial charge in [-0.1, -0.05) is 75.4 Å². The maximum absolute atomic E-state index is 2.78. The third-order valence-electron chi connectivity index (χ3n) is 7.12. The van der Waals surface area contributed by atoms with Crippen LogP contribution in [0.3, 0.4) is 0 Å². The van der Waals surface area contributed by atoms with Crippen LogP contribution in [-0.2, 0) is 5.41 Å². The van der Waals surface area contributed by atoms with E-state index in [1.807, 2.05) is 0 Å². The molecule has 0 amide bonds. The topological polar surface area (TPSA) is 3.24 Å². The number of hydrogen-bond donors (Lipinski definition) is 0. The molecule has 2 aromatic rings. The zero-order chi connectivity index (χ0) is 19.9. The molecule has 1 saturated heterocycles. The fraction of sp³-hybridized carbons (Fsp3) is 0.481. The van der Waals surface area contributed by atoms with Gasteiger partial charge in [-0.25, -0.2) is 0 Å². The van der Waals surface area contributed by atoms with Crippen molar-refractivity contribution < 1.29 is 0 Å². The van der Waals surface area contributed by atoms with Crippen molar-refractivity contribution in [2.75, 3.05) is 6.54 Å². The molecule has 0 spiro atoms. The predicted molar refractivity (Wildman–Crippen MR) is 122 cm³/mol. The van der Waals surface area contributed by atoms with E-state index in [-0.39, 0.29) is 11.0 Å². The van der Waals surface area contributed by atoms with Crippen molar-refractivity contribution in [1.29, 1.82) is 0 Å². The van der Waals surface area contributed by atoms with E-state index in [1.165, 1.54) is 35.6 Å². The number of nitrogens with zero attached hydrogens (tertiary/aromatic N) is 1. The molecule has 1 heterocycles. The van der Waals surface area contributed by atoms with Crippen LogP contribution in [0.25, 0.3) is 10.8 Å². The monoisotopic (exact) mass is 373 g/mol. The SMILES string of the molecule is CCC1=C(N2CC(C)(c3cccc4ccccc34)CC2(C)C)[C@@H](CC)CC=C1. The van der Waals surface area contributed by atoms with E-state index in [0.29, 0.717) is 5.92 Å². The first-order valence-corrected chi connectivity index (χ1v) is 11.0. The van der Waals surface area contributed by atoms with Crippen LogP contribution in [0.15, 0.2) is 65.9 Å². The van der Waals surface area contributed by atoms with Gasteiger partial charge in [-0.3, -0.25) is 0 Å². The van der Waals surface area contributed by atoms with Crippen LogP contribution < -0.4 is 0 Å². The van der Waals surface area contributed by atoms with E-state index >= 15 is 0 Å². The first kappa shape index (κ1) is 19.3. The van der Waals surface area contributed by atoms with Crippen LogP contribution in [0.1, 0.15) is 65.9 Å². The van der Waals surface area contributed by atoms with Gasteiger partial charge in [-0.05, 0) is 61.4 Å². The molecule has 1 heteroatoms. The summed E-state index contributed by atoms with van der Waals surface area (Å²) in [5.41, 5.74) is 5.02. The lowest BCUT2D eigenvalue weighted by Gasteiger charge is -2.41. The Bertz CT molecular complexity index is 927. The molecule has 0 N–H and O–H groups in total. The molecule has 0 radical (unpaired) electrons. The Balaban J connectivity index is 1.81. The molecule has 1 nitrogen and oxygen atoms in total. The zero-order valence-corrected chi connectivity index (χ0v) is 18.3. The summed E-state index contributed by atoms with van der Waals surface area (Å²) in [5, 5.41) is 2.78. The number of hydrogen-bond acceptors (Lipinski definition) is 1. The molecule has 2 aliphatic rings. The van der Waals surface area contributed by atoms with Crippen molar-refractivity contribution in [3.05, 3.63) is 71.5 Å². The van der Waals surface area contributed by atoms with Gasteiger partial charge in [-0.15, -0.1) is 0 Å². The van der Waals surface area contributed by atoms with Crippen molar-refractivity contribution in [2.24, 2.45) is 5.92 Å². The van der Waals surface area contributed by atoms with Gasteiger partial charge in [0.1, 0.15) is 0 Å². The van der Waals surface area contributed by atoms with Gasteiger partial charge in [0.05, 0.1) is 0 Å². The Morgan fingerprint density at radius 1 is 1.00 bits per heavy atom. The average Bonchev–Trinajstić information content (AvgIpc) is 2.96. The molecule has 1 aliphatic heterocycles. The molecule has 0 aromatic heterocycles. The Labute approximate surface area is 171 Å². The van der Waals surface area contributed by atoms with Crippen molar-refractivity contribution in [2.45, 2.75) is 71.3 Å². The molecule has 28 heavy (non-hydrogen) atoms. The first-order chi connectivity index (χ1) is 13.4. The summed E-state index contributed by atoms with van der Waals surface area (Å²) in [5.74, 6) is 0.661. The standard InChI is InChI=1S/C27H35N/c1-6-20-13-10-14-21(7-2)25(20)28-19-27(5,18-26(28,3)4)24-17-11-15-22-12-8-9-16-23(22)24/h8-13,15-17,21H,6-7,14,18-19H2,1-5H3/t21-,27?/m0/s1. The molecular formula is C27H35N. The van der Waals surface area contributed by atoms with E-state index in [0.717, 1.165) is 13.0 Å². The highest BCUT2D eigenvalue weighted by Gasteiger charge is 2.48. The summed E-state index contributed by atoms with van der Waals surface area (Å²) >= 11 is 0. The van der Waals surface area contributed by atoms with Gasteiger partial charge in [-0.2, -0.15) is 0 Å². The van der Waals surface area contributed by atoms with Crippen molar-refractivity contribution >= 4 is 10.8 Å². The van der Waals surface area contributed by atoms with Crippen LogP contribution >= 0.6 is 0 Å². The number of benzene rings is 2. The third kappa shape index (κ3) is 3.09. The van der Waals surface area contributed by atoms with Crippen molar-refractivity contribution in [3.63, 3.8) is 0 Å². The number of rotatable bonds is 4. The summed E-state index contributed by atoms with van der Waals surface area (Å²) < 4.78 is 0. The summed E-state index contributed by atoms with van der Waals surface area (Å²) in [6, 6.07) is 15.7. The molecule has 0 bridgehead atoms. The van der Waals surface area contributed by atoms with E-state index in [4.69, 9.17) is 0 Å². The second kappa shape index (κ2) is 7.10. The second-order valence-electron chi connectivity index (χ2n) is 9.67. The van der Waals surface area contributed by atoms with Crippen LogP contribution in [0, 0.1) is 5.92 Å². The summed E-state index contributed by atoms with van der Waals surface area (Å²) in [7, 11) is 0. The highest BCUT2D eigenvalue weighted by Crippen LogP contribution is 2.49. The van der Waals surface area contributed by atoms with E-state index in [1.54, 1.807) is 11.3 Å². The minimum absolute atomic E-state index is 0.162. The van der Waals surface area contributed by atoms with E-state index < -0.39 is 0 Å². The first-order valence-electron chi connectivity index (χ1n) is 11.0. The molecule has 2 atom stereocenters. The van der Waals surface area contributed by atoms with Gasteiger partial charge in [0.15, 0.2) is 0 Å². The predicted octanol–water partition coefficient (Wildman–Crippen LogP) is 7.23. The van der Waals surface area contributed by atoms with Gasteiger partial charge in [0.2, 0.25) is 0 Å². The molecule has 148 valence electrons. The average molecular weight is 374 g/mol. The number of likely N-dealkylation sites (tertiary alicyclic amines) is 1. The van der Waals surface area contributed by atoms with Gasteiger partial charge in [0.25, 0.3) is 0 Å². The Morgan fingerprint density at radius 3 is 2.50 bits per heavy atom. The number of allylic oxidation sites excluding steroid dienone is 4. The smallest absolute Gasteiger partial charge is 0.0352 e. The lowest BCUT2D eigenvalue weighted by molar-refractivity contribution is 0.197. The fourth-order valence-corrected chi connectivity index (χ4v) is 5.90. The summed E-state index contributed by atoms with van der Waals surface area (Å²) in [4.78, 5) is 2.78. The quantitative estimate of drug-likeness (QED) is 0.546. The van der Waals surface area contributed by atoms with Crippen LogP contribution in [0.4, 0.5) is 0 Å². The van der Waals surface area contributed by atoms with Crippen LogP contribution in [0.5, 0.6) is 0 Å². The Kier molecular flexibility index (Phi) is 4.89. The largest absolute Gasteiger partial charge is 0.368 e. The molecule has 1 fully saturated rings. The molecule has 2 aromatic carbocycles. The zero-order valence-electron chi connectivity index (χ0n) is 18.3. The van der Waals surface area contributed by atoms with Gasteiger partial charge in [0, 0.05) is 29.1 Å². The lowest BCUT2D eigenvalue weighted by atomic mass is 9.76. The minimum atomic E-state index is 0.162. The summed E-state index contributed by atoms with van der Waals surface area (Å²) in [6.45, 7) is 13.2. The molecule has 1 unspecified atom stereocenters. The third-order valence-corrected chi connectivity index (χ3v) is 7.12. The Morgan fingerprint density at radius 2 is 1.75 bits per heavy atom. The van der Waals surface area contributed by atoms with E-state index in [2.05, 4.69) is 94.1 Å². The van der Waals surface area contributed by atoms with Crippen LogP contribution in [-0.4, -0.2) is 17.0 Å². The summed E-state index contributed by atoms with van der Waals surface area (Å²) in [6.07, 6.45) is 9.51. The van der Waals surface area contributed by atoms with Crippen molar-refractivity contribution in [1.82, 2.24) is 4.90 Å². The molecular weight excluding hydrogens is 338 g/mol. The van der Waals surface area contributed by atoms with Gasteiger partial charge < -0.3 is 4.90 Å². The van der Waals surface area contributed by atoms with Crippen molar-refractivity contribution in [3.8, 4) is 0 Å². The molecule has 0 saturated carbocycles. The maximum Gasteiger partial charge on any atom is 0.0352 e. The second-order valence-corrected chi connectivity index (χ2v) is 9.67. The van der Waals surface area contributed by atoms with Crippen LogP contribution in [0.2, 0.25) is 0 Å². The lowest BCUT2D eigenvalue weighted by Crippen LogP contribution is -2.40. The molecule has 4 rings (SSSR count). The minimum Gasteiger partial charge on any atom is -0.368 e. The van der Waals surface area contributed by atoms with Gasteiger partial charge >= 0.3 is 0 Å². The Hall–Kier alpha value is -2.02. The number of fused-ring (bicyclic) bond motifs is 1. The normalized spacial score (nSPS) is 27.0. The van der Waals surface area contributed by atoms with E-state index in [9.17, 15) is 0 Å². The fourth-order valence-electron chi connectivity index (χ4n) is 5.90. The highest BCUT2D eigenvalue weighted by atomic mass is 15.2. The maximum atomic E-state index is 2.78.